The largest absolute Gasteiger partial charge is 0.444 e. The first-order valence-electron chi connectivity index (χ1n) is 14.2. The van der Waals surface area contributed by atoms with Crippen LogP contribution in [0.5, 0.6) is 0 Å². The summed E-state index contributed by atoms with van der Waals surface area (Å²) >= 11 is 1.57. The van der Waals surface area contributed by atoms with Crippen molar-refractivity contribution in [3.8, 4) is 11.3 Å². The standard InChI is InChI=1S/C31H37N5O4S/c1-18-7-9-33-25(21(18)17-34-11-13-35(14-12-34)29(39)40-30(2,3)4)20-8-10-32-22-15-19(41-26(20)22)16-36-27(37)23-24(28(36)38)31(23,5)6/h7-10,15,23-24H,11-14,16-17H2,1-6H3. The van der Waals surface area contributed by atoms with Crippen LogP contribution >= 0.6 is 11.3 Å². The Morgan fingerprint density at radius 3 is 2.34 bits per heavy atom. The summed E-state index contributed by atoms with van der Waals surface area (Å²) in [6, 6.07) is 6.02. The second-order valence-electron chi connectivity index (χ2n) is 13.0. The molecular weight excluding hydrogens is 538 g/mol. The fourth-order valence-electron chi connectivity index (χ4n) is 6.23. The average Bonchev–Trinajstić information content (AvgIpc) is 3.15. The van der Waals surface area contributed by atoms with Gasteiger partial charge in [-0.25, -0.2) is 4.79 Å². The third kappa shape index (κ3) is 5.01. The van der Waals surface area contributed by atoms with Gasteiger partial charge in [0.05, 0.1) is 34.3 Å². The van der Waals surface area contributed by atoms with Gasteiger partial charge in [0.25, 0.3) is 0 Å². The number of amides is 3. The number of aromatic nitrogens is 2. The lowest BCUT2D eigenvalue weighted by Gasteiger charge is -2.36. The predicted molar refractivity (Wildman–Crippen MR) is 157 cm³/mol. The Morgan fingerprint density at radius 2 is 1.68 bits per heavy atom. The van der Waals surface area contributed by atoms with E-state index >= 15 is 0 Å². The summed E-state index contributed by atoms with van der Waals surface area (Å²) in [5, 5.41) is 0. The number of piperazine rings is 1. The van der Waals surface area contributed by atoms with Crippen LogP contribution in [-0.4, -0.2) is 74.4 Å². The van der Waals surface area contributed by atoms with Crippen LogP contribution in [0.15, 0.2) is 30.6 Å². The smallest absolute Gasteiger partial charge is 0.410 e. The van der Waals surface area contributed by atoms with Gasteiger partial charge in [-0.05, 0) is 62.4 Å². The zero-order valence-corrected chi connectivity index (χ0v) is 25.4. The van der Waals surface area contributed by atoms with E-state index in [1.165, 1.54) is 4.90 Å². The number of piperidine rings is 1. The lowest BCUT2D eigenvalue weighted by Crippen LogP contribution is -2.49. The minimum absolute atomic E-state index is 0.0509. The van der Waals surface area contributed by atoms with Gasteiger partial charge in [-0.3, -0.25) is 29.4 Å². The van der Waals surface area contributed by atoms with Crippen LogP contribution in [-0.2, 0) is 27.4 Å². The maximum Gasteiger partial charge on any atom is 0.410 e. The molecule has 0 radical (unpaired) electrons. The van der Waals surface area contributed by atoms with Crippen LogP contribution in [0.4, 0.5) is 4.79 Å². The van der Waals surface area contributed by atoms with Crippen molar-refractivity contribution >= 4 is 39.5 Å². The summed E-state index contributed by atoms with van der Waals surface area (Å²) in [5.74, 6) is -0.457. The SMILES string of the molecule is Cc1ccnc(-c2ccnc3cc(CN4C(=O)C5C(C4=O)C5(C)C)sc23)c1CN1CCN(C(=O)OC(C)(C)C)CC1. The topological polar surface area (TPSA) is 95.9 Å². The van der Waals surface area contributed by atoms with E-state index in [-0.39, 0.29) is 41.7 Å². The van der Waals surface area contributed by atoms with Crippen LogP contribution in [0.2, 0.25) is 0 Å². The summed E-state index contributed by atoms with van der Waals surface area (Å²) in [4.78, 5) is 54.3. The highest BCUT2D eigenvalue weighted by molar-refractivity contribution is 7.19. The second kappa shape index (κ2) is 9.87. The molecule has 0 bridgehead atoms. The summed E-state index contributed by atoms with van der Waals surface area (Å²) < 4.78 is 6.55. The van der Waals surface area contributed by atoms with Crippen molar-refractivity contribution in [1.82, 2.24) is 24.7 Å². The molecule has 216 valence electrons. The van der Waals surface area contributed by atoms with Crippen LogP contribution < -0.4 is 0 Å². The molecule has 10 heteroatoms. The van der Waals surface area contributed by atoms with E-state index in [9.17, 15) is 14.4 Å². The minimum Gasteiger partial charge on any atom is -0.444 e. The minimum atomic E-state index is -0.510. The maximum absolute atomic E-state index is 12.9. The van der Waals surface area contributed by atoms with Gasteiger partial charge in [-0.15, -0.1) is 11.3 Å². The Balaban J connectivity index is 1.21. The molecule has 0 N–H and O–H groups in total. The number of carbonyl (C=O) groups is 3. The first-order chi connectivity index (χ1) is 19.3. The Labute approximate surface area is 244 Å². The number of thiophene rings is 1. The van der Waals surface area contributed by atoms with Crippen LogP contribution in [0.1, 0.15) is 50.6 Å². The van der Waals surface area contributed by atoms with E-state index < -0.39 is 5.60 Å². The van der Waals surface area contributed by atoms with E-state index in [0.29, 0.717) is 19.6 Å². The summed E-state index contributed by atoms with van der Waals surface area (Å²) in [5.41, 5.74) is 4.33. The van der Waals surface area contributed by atoms with E-state index in [2.05, 4.69) is 16.8 Å². The van der Waals surface area contributed by atoms with E-state index in [1.54, 1.807) is 22.4 Å². The van der Waals surface area contributed by atoms with Gasteiger partial charge in [-0.1, -0.05) is 13.8 Å². The van der Waals surface area contributed by atoms with Crippen molar-refractivity contribution in [2.75, 3.05) is 26.2 Å². The normalized spacial score (nSPS) is 22.4. The van der Waals surface area contributed by atoms with Crippen molar-refractivity contribution in [3.05, 3.63) is 46.6 Å². The number of carbonyl (C=O) groups excluding carboxylic acids is 3. The molecule has 3 aliphatic rings. The number of pyridine rings is 2. The quantitative estimate of drug-likeness (QED) is 0.401. The van der Waals surface area contributed by atoms with E-state index in [0.717, 1.165) is 50.6 Å². The molecule has 2 aliphatic heterocycles. The number of imide groups is 1. The molecule has 3 aromatic rings. The van der Waals surface area contributed by atoms with Crippen LogP contribution in [0, 0.1) is 24.2 Å². The van der Waals surface area contributed by atoms with Gasteiger partial charge >= 0.3 is 6.09 Å². The predicted octanol–water partition coefficient (Wildman–Crippen LogP) is 4.86. The zero-order valence-electron chi connectivity index (χ0n) is 24.6. The highest BCUT2D eigenvalue weighted by Gasteiger charge is 2.72. The third-order valence-electron chi connectivity index (χ3n) is 8.62. The molecule has 41 heavy (non-hydrogen) atoms. The van der Waals surface area contributed by atoms with Crippen LogP contribution in [0.25, 0.3) is 21.5 Å². The Bertz CT molecular complexity index is 1530. The maximum atomic E-state index is 12.9. The molecule has 6 rings (SSSR count). The molecule has 3 aromatic heterocycles. The lowest BCUT2D eigenvalue weighted by atomic mass is 10.0. The molecular formula is C31H37N5O4S. The molecule has 9 nitrogen and oxygen atoms in total. The van der Waals surface area contributed by atoms with Crippen molar-refractivity contribution in [1.29, 1.82) is 0 Å². The van der Waals surface area contributed by atoms with Gasteiger partial charge in [0.15, 0.2) is 0 Å². The highest BCUT2D eigenvalue weighted by Crippen LogP contribution is 2.63. The third-order valence-corrected chi connectivity index (χ3v) is 9.76. The molecule has 2 unspecified atom stereocenters. The number of hydrogen-bond acceptors (Lipinski definition) is 8. The number of rotatable bonds is 5. The molecule has 3 amide bonds. The molecule has 2 saturated heterocycles. The fraction of sp³-hybridized carbons (Fsp3) is 0.516. The monoisotopic (exact) mass is 575 g/mol. The van der Waals surface area contributed by atoms with E-state index in [4.69, 9.17) is 9.72 Å². The first kappa shape index (κ1) is 27.8. The van der Waals surface area contributed by atoms with Gasteiger partial charge in [0.2, 0.25) is 11.8 Å². The molecule has 0 spiro atoms. The molecule has 1 saturated carbocycles. The number of aryl methyl sites for hydroxylation is 1. The number of hydrogen-bond donors (Lipinski definition) is 0. The Hall–Kier alpha value is -3.37. The van der Waals surface area contributed by atoms with Crippen molar-refractivity contribution < 1.29 is 19.1 Å². The van der Waals surface area contributed by atoms with Gasteiger partial charge in [0.1, 0.15) is 5.60 Å². The fourth-order valence-corrected chi connectivity index (χ4v) is 7.34. The number of nitrogens with zero attached hydrogens (tertiary/aromatic N) is 5. The molecule has 0 aromatic carbocycles. The summed E-state index contributed by atoms with van der Waals surface area (Å²) in [7, 11) is 0. The lowest BCUT2D eigenvalue weighted by molar-refractivity contribution is -0.143. The summed E-state index contributed by atoms with van der Waals surface area (Å²) in [6.45, 7) is 15.5. The van der Waals surface area contributed by atoms with Crippen LogP contribution in [0.3, 0.4) is 0 Å². The van der Waals surface area contributed by atoms with Crippen molar-refractivity contribution in [3.63, 3.8) is 0 Å². The number of likely N-dealkylation sites (tertiary alicyclic amines) is 1. The molecule has 1 aliphatic carbocycles. The average molecular weight is 576 g/mol. The van der Waals surface area contributed by atoms with Gasteiger partial charge < -0.3 is 9.64 Å². The number of ether oxygens (including phenoxy) is 1. The van der Waals surface area contributed by atoms with Gasteiger partial charge in [-0.2, -0.15) is 0 Å². The molecule has 5 heterocycles. The van der Waals surface area contributed by atoms with Crippen molar-refractivity contribution in [2.24, 2.45) is 17.3 Å². The second-order valence-corrected chi connectivity index (χ2v) is 14.2. The first-order valence-corrected chi connectivity index (χ1v) is 15.0. The van der Waals surface area contributed by atoms with Crippen molar-refractivity contribution in [2.45, 2.75) is 60.2 Å². The van der Waals surface area contributed by atoms with E-state index in [1.807, 2.05) is 59.0 Å². The Kier molecular flexibility index (Phi) is 6.69. The summed E-state index contributed by atoms with van der Waals surface area (Å²) in [6.07, 6.45) is 3.37. The molecule has 2 atom stereocenters. The van der Waals surface area contributed by atoms with Gasteiger partial charge in [0, 0.05) is 55.6 Å². The Morgan fingerprint density at radius 1 is 1.02 bits per heavy atom. The molecule has 3 fully saturated rings. The zero-order chi connectivity index (χ0) is 29.3. The number of fused-ring (bicyclic) bond motifs is 2. The highest BCUT2D eigenvalue weighted by atomic mass is 32.1.